The van der Waals surface area contributed by atoms with E-state index in [4.69, 9.17) is 20.4 Å². The highest BCUT2D eigenvalue weighted by Crippen LogP contribution is 2.12. The maximum atomic E-state index is 9.11. The molecule has 0 aliphatic rings. The first-order chi connectivity index (χ1) is 4.98. The Labute approximate surface area is 66.1 Å². The molecule has 0 aromatic carbocycles. The van der Waals surface area contributed by atoms with Gasteiger partial charge in [0.15, 0.2) is 6.29 Å². The lowest BCUT2D eigenvalue weighted by Crippen LogP contribution is -2.29. The summed E-state index contributed by atoms with van der Waals surface area (Å²) in [6, 6.07) is 0. The maximum Gasteiger partial charge on any atom is 0.151 e. The molecule has 0 saturated heterocycles. The van der Waals surface area contributed by atoms with Gasteiger partial charge in [-0.1, -0.05) is 0 Å². The molecule has 0 heterocycles. The predicted molar refractivity (Wildman–Crippen MR) is 39.5 cm³/mol. The molecule has 0 saturated carbocycles. The highest BCUT2D eigenvalue weighted by Gasteiger charge is 2.18. The highest BCUT2D eigenvalue weighted by molar-refractivity contribution is 4.79. The van der Waals surface area contributed by atoms with Gasteiger partial charge in [-0.25, -0.2) is 0 Å². The summed E-state index contributed by atoms with van der Waals surface area (Å²) in [5.41, 5.74) is -1.34. The first kappa shape index (κ1) is 10.8. The van der Waals surface area contributed by atoms with Crippen molar-refractivity contribution < 1.29 is 20.4 Å². The van der Waals surface area contributed by atoms with E-state index in [-0.39, 0.29) is 12.8 Å². The summed E-state index contributed by atoms with van der Waals surface area (Å²) >= 11 is 0. The smallest absolute Gasteiger partial charge is 0.151 e. The van der Waals surface area contributed by atoms with Crippen LogP contribution in [0.1, 0.15) is 19.3 Å². The summed E-state index contributed by atoms with van der Waals surface area (Å²) in [7, 11) is 0. The van der Waals surface area contributed by atoms with Crippen LogP contribution in [0.25, 0.3) is 0 Å². The van der Waals surface area contributed by atoms with E-state index < -0.39 is 18.5 Å². The number of hydrogen-bond acceptors (Lipinski definition) is 4. The molecular formula is C7H15O4. The largest absolute Gasteiger partial charge is 0.393 e. The molecule has 1 atom stereocenters. The van der Waals surface area contributed by atoms with Gasteiger partial charge in [0.05, 0.1) is 12.2 Å². The fourth-order valence-electron chi connectivity index (χ4n) is 0.693. The summed E-state index contributed by atoms with van der Waals surface area (Å²) in [4.78, 5) is 0. The molecule has 0 aromatic heterocycles. The third kappa shape index (κ3) is 6.25. The zero-order valence-corrected chi connectivity index (χ0v) is 6.40. The minimum absolute atomic E-state index is 0.192. The van der Waals surface area contributed by atoms with Crippen molar-refractivity contribution >= 4 is 0 Å². The van der Waals surface area contributed by atoms with Crippen LogP contribution < -0.4 is 0 Å². The predicted octanol–water partition coefficient (Wildman–Crippen LogP) is -0.975. The van der Waals surface area contributed by atoms with E-state index in [1.54, 1.807) is 0 Å². The van der Waals surface area contributed by atoms with Crippen molar-refractivity contribution in [2.45, 2.75) is 31.2 Å². The fraction of sp³-hybridized carbons (Fsp3) is 0.857. The third-order valence-electron chi connectivity index (χ3n) is 1.40. The van der Waals surface area contributed by atoms with Crippen LogP contribution in [0.4, 0.5) is 0 Å². The minimum Gasteiger partial charge on any atom is -0.393 e. The van der Waals surface area contributed by atoms with Gasteiger partial charge in [0.2, 0.25) is 0 Å². The van der Waals surface area contributed by atoms with Crippen molar-refractivity contribution in [2.75, 3.05) is 6.61 Å². The van der Waals surface area contributed by atoms with E-state index >= 15 is 0 Å². The molecule has 4 N–H and O–H groups in total. The Kier molecular flexibility index (Phi) is 4.60. The normalized spacial score (nSPS) is 16.9. The monoisotopic (exact) mass is 163 g/mol. The van der Waals surface area contributed by atoms with Crippen molar-refractivity contribution in [1.82, 2.24) is 0 Å². The molecular weight excluding hydrogens is 148 g/mol. The van der Waals surface area contributed by atoms with Crippen molar-refractivity contribution in [3.8, 4) is 0 Å². The van der Waals surface area contributed by atoms with E-state index in [9.17, 15) is 0 Å². The van der Waals surface area contributed by atoms with Gasteiger partial charge >= 0.3 is 0 Å². The molecule has 67 valence electrons. The molecule has 0 amide bonds. The van der Waals surface area contributed by atoms with Crippen LogP contribution in [-0.4, -0.2) is 38.9 Å². The Morgan fingerprint density at radius 1 is 1.36 bits per heavy atom. The van der Waals surface area contributed by atoms with Crippen LogP contribution in [-0.2, 0) is 0 Å². The lowest BCUT2D eigenvalue weighted by Gasteiger charge is -2.19. The van der Waals surface area contributed by atoms with Gasteiger partial charge in [-0.15, -0.1) is 0 Å². The Morgan fingerprint density at radius 2 is 1.91 bits per heavy atom. The quantitative estimate of drug-likeness (QED) is 0.393. The van der Waals surface area contributed by atoms with E-state index in [1.807, 2.05) is 0 Å². The molecule has 4 nitrogen and oxygen atoms in total. The van der Waals surface area contributed by atoms with Crippen molar-refractivity contribution in [1.29, 1.82) is 0 Å². The zero-order valence-electron chi connectivity index (χ0n) is 6.40. The average molecular weight is 163 g/mol. The molecule has 0 aliphatic carbocycles. The summed E-state index contributed by atoms with van der Waals surface area (Å²) < 4.78 is 0. The molecule has 0 aliphatic heterocycles. The molecule has 0 spiro atoms. The number of rotatable bonds is 5. The topological polar surface area (TPSA) is 80.9 Å². The third-order valence-corrected chi connectivity index (χ3v) is 1.40. The van der Waals surface area contributed by atoms with Crippen LogP contribution in [0.5, 0.6) is 0 Å². The maximum absolute atomic E-state index is 9.11. The number of hydrogen-bond donors (Lipinski definition) is 4. The Balaban J connectivity index is 3.38. The Bertz CT molecular complexity index is 101. The van der Waals surface area contributed by atoms with E-state index in [2.05, 4.69) is 6.92 Å². The van der Waals surface area contributed by atoms with Gasteiger partial charge < -0.3 is 20.4 Å². The molecule has 0 bridgehead atoms. The molecule has 0 rings (SSSR count). The Morgan fingerprint density at radius 3 is 2.27 bits per heavy atom. The van der Waals surface area contributed by atoms with Crippen LogP contribution >= 0.6 is 0 Å². The van der Waals surface area contributed by atoms with Crippen LogP contribution in [0, 0.1) is 6.92 Å². The SMILES string of the molecule is [CH2]C(O)(CO)CCCC(O)O. The molecule has 11 heavy (non-hydrogen) atoms. The molecule has 0 aromatic rings. The van der Waals surface area contributed by atoms with Crippen LogP contribution in [0.15, 0.2) is 0 Å². The summed E-state index contributed by atoms with van der Waals surface area (Å²) in [6.07, 6.45) is -0.457. The van der Waals surface area contributed by atoms with E-state index in [0.717, 1.165) is 0 Å². The second-order valence-electron chi connectivity index (χ2n) is 2.76. The summed E-state index contributed by atoms with van der Waals surface area (Å²) in [5.74, 6) is 0. The standard InChI is InChI=1S/C7H15O4/c1-7(11,5-8)4-2-3-6(9)10/h6,8-11H,1-5H2. The van der Waals surface area contributed by atoms with E-state index in [0.29, 0.717) is 6.42 Å². The van der Waals surface area contributed by atoms with Crippen molar-refractivity contribution in [2.24, 2.45) is 0 Å². The second-order valence-corrected chi connectivity index (χ2v) is 2.76. The second kappa shape index (κ2) is 4.66. The van der Waals surface area contributed by atoms with Gasteiger partial charge in [-0.2, -0.15) is 0 Å². The van der Waals surface area contributed by atoms with Crippen molar-refractivity contribution in [3.05, 3.63) is 6.92 Å². The summed E-state index contributed by atoms with van der Waals surface area (Å²) in [6.45, 7) is 2.92. The fourth-order valence-corrected chi connectivity index (χ4v) is 0.693. The van der Waals surface area contributed by atoms with Gasteiger partial charge in [-0.05, 0) is 26.2 Å². The number of aliphatic hydroxyl groups is 4. The average Bonchev–Trinajstić information content (AvgIpc) is 1.87. The lowest BCUT2D eigenvalue weighted by molar-refractivity contribution is -0.0524. The molecule has 1 unspecified atom stereocenters. The van der Waals surface area contributed by atoms with Crippen LogP contribution in [0.2, 0.25) is 0 Å². The summed E-state index contributed by atoms with van der Waals surface area (Å²) in [5, 5.41) is 34.5. The molecule has 4 heteroatoms. The molecule has 1 radical (unpaired) electrons. The van der Waals surface area contributed by atoms with Gasteiger partial charge in [-0.3, -0.25) is 0 Å². The van der Waals surface area contributed by atoms with Gasteiger partial charge in [0, 0.05) is 0 Å². The van der Waals surface area contributed by atoms with Crippen LogP contribution in [0.3, 0.4) is 0 Å². The van der Waals surface area contributed by atoms with Gasteiger partial charge in [0.25, 0.3) is 0 Å². The number of aliphatic hydroxyl groups excluding tert-OH is 2. The first-order valence-corrected chi connectivity index (χ1v) is 3.53. The zero-order chi connectivity index (χ0) is 8.91. The minimum atomic E-state index is -1.34. The first-order valence-electron chi connectivity index (χ1n) is 3.53. The Hall–Kier alpha value is -0.160. The van der Waals surface area contributed by atoms with Gasteiger partial charge in [0.1, 0.15) is 0 Å². The van der Waals surface area contributed by atoms with E-state index in [1.165, 1.54) is 0 Å². The molecule has 0 fully saturated rings. The highest BCUT2D eigenvalue weighted by atomic mass is 16.5. The lowest BCUT2D eigenvalue weighted by atomic mass is 10.0. The van der Waals surface area contributed by atoms with Crippen molar-refractivity contribution in [3.63, 3.8) is 0 Å².